The lowest BCUT2D eigenvalue weighted by molar-refractivity contribution is -0.139. The molecule has 110 valence electrons. The van der Waals surface area contributed by atoms with Crippen LogP contribution >= 0.6 is 0 Å². The molecule has 2 fully saturated rings. The van der Waals surface area contributed by atoms with Crippen molar-refractivity contribution in [3.63, 3.8) is 0 Å². The zero-order valence-electron chi connectivity index (χ0n) is 11.8. The molecule has 1 aliphatic heterocycles. The minimum atomic E-state index is -1.10. The van der Waals surface area contributed by atoms with Crippen LogP contribution in [0.15, 0.2) is 30.3 Å². The Morgan fingerprint density at radius 2 is 2.00 bits per heavy atom. The number of rotatable bonds is 4. The molecule has 0 aromatic heterocycles. The quantitative estimate of drug-likeness (QED) is 0.819. The van der Waals surface area contributed by atoms with Crippen LogP contribution in [-0.4, -0.2) is 22.9 Å². The number of hydrogen-bond acceptors (Lipinski definition) is 3. The maximum atomic E-state index is 12.7. The van der Waals surface area contributed by atoms with E-state index in [9.17, 15) is 14.4 Å². The summed E-state index contributed by atoms with van der Waals surface area (Å²) in [7, 11) is 0. The molecule has 2 N–H and O–H groups in total. The fraction of sp³-hybridized carbons (Fsp3) is 0.400. The van der Waals surface area contributed by atoms with Crippen LogP contribution in [0.1, 0.15) is 31.7 Å². The number of nitrogens with zero attached hydrogens (tertiary/aromatic N) is 1. The van der Waals surface area contributed by atoms with Gasteiger partial charge in [0.2, 0.25) is 5.91 Å². The van der Waals surface area contributed by atoms with Gasteiger partial charge in [-0.1, -0.05) is 37.3 Å². The third-order valence-corrected chi connectivity index (χ3v) is 4.06. The van der Waals surface area contributed by atoms with Crippen LogP contribution in [0.5, 0.6) is 0 Å². The van der Waals surface area contributed by atoms with Gasteiger partial charge >= 0.3 is 6.03 Å². The molecule has 4 amide bonds. The number of hydrazine groups is 1. The molecule has 1 aliphatic carbocycles. The minimum Gasteiger partial charge on any atom is -0.318 e. The molecular weight excluding hydrogens is 270 g/mol. The molecule has 1 heterocycles. The number of hydrogen-bond donors (Lipinski definition) is 2. The van der Waals surface area contributed by atoms with Gasteiger partial charge in [0.15, 0.2) is 0 Å². The van der Waals surface area contributed by atoms with Crippen LogP contribution in [0, 0.1) is 5.92 Å². The predicted molar refractivity (Wildman–Crippen MR) is 74.7 cm³/mol. The van der Waals surface area contributed by atoms with Crippen molar-refractivity contribution in [1.82, 2.24) is 15.8 Å². The molecule has 1 saturated heterocycles. The summed E-state index contributed by atoms with van der Waals surface area (Å²) in [5.41, 5.74) is 2.05. The summed E-state index contributed by atoms with van der Waals surface area (Å²) in [5.74, 6) is -0.771. The van der Waals surface area contributed by atoms with E-state index in [0.717, 1.165) is 17.9 Å². The first-order valence-corrected chi connectivity index (χ1v) is 7.11. The van der Waals surface area contributed by atoms with E-state index < -0.39 is 17.5 Å². The number of carbonyl (C=O) groups is 3. The summed E-state index contributed by atoms with van der Waals surface area (Å²) in [6, 6.07) is 8.50. The second-order valence-corrected chi connectivity index (χ2v) is 5.45. The van der Waals surface area contributed by atoms with Gasteiger partial charge in [-0.15, -0.1) is 0 Å². The van der Waals surface area contributed by atoms with Gasteiger partial charge in [-0.25, -0.2) is 4.79 Å². The zero-order valence-corrected chi connectivity index (χ0v) is 11.8. The highest BCUT2D eigenvalue weighted by Crippen LogP contribution is 2.33. The minimum absolute atomic E-state index is 0.0704. The second-order valence-electron chi connectivity index (χ2n) is 5.45. The van der Waals surface area contributed by atoms with Gasteiger partial charge in [0.1, 0.15) is 5.54 Å². The van der Waals surface area contributed by atoms with Crippen LogP contribution in [0.25, 0.3) is 0 Å². The Kier molecular flexibility index (Phi) is 3.16. The number of amides is 4. The zero-order chi connectivity index (χ0) is 15.0. The van der Waals surface area contributed by atoms with Crippen molar-refractivity contribution in [2.75, 3.05) is 0 Å². The highest BCUT2D eigenvalue weighted by molar-refractivity contribution is 6.08. The lowest BCUT2D eigenvalue weighted by Gasteiger charge is -2.25. The summed E-state index contributed by atoms with van der Waals surface area (Å²) < 4.78 is 0. The molecule has 1 saturated carbocycles. The number of benzene rings is 1. The lowest BCUT2D eigenvalue weighted by Crippen LogP contribution is -2.49. The summed E-state index contributed by atoms with van der Waals surface area (Å²) in [4.78, 5) is 36.6. The van der Waals surface area contributed by atoms with Crippen molar-refractivity contribution in [2.45, 2.75) is 31.7 Å². The molecule has 0 bridgehead atoms. The van der Waals surface area contributed by atoms with Gasteiger partial charge in [-0.3, -0.25) is 15.0 Å². The van der Waals surface area contributed by atoms with Gasteiger partial charge in [-0.05, 0) is 24.8 Å². The van der Waals surface area contributed by atoms with Crippen molar-refractivity contribution in [3.8, 4) is 0 Å². The number of urea groups is 1. The first kappa shape index (κ1) is 13.6. The normalized spacial score (nSPS) is 24.9. The van der Waals surface area contributed by atoms with E-state index in [-0.39, 0.29) is 11.8 Å². The second kappa shape index (κ2) is 4.87. The van der Waals surface area contributed by atoms with E-state index in [1.54, 1.807) is 12.1 Å². The summed E-state index contributed by atoms with van der Waals surface area (Å²) in [6.07, 6.45) is 2.04. The van der Waals surface area contributed by atoms with Crippen LogP contribution in [-0.2, 0) is 15.1 Å². The van der Waals surface area contributed by atoms with Gasteiger partial charge in [-0.2, -0.15) is 5.01 Å². The molecule has 0 spiro atoms. The lowest BCUT2D eigenvalue weighted by atomic mass is 9.87. The average Bonchev–Trinajstić information content (AvgIpc) is 3.31. The Morgan fingerprint density at radius 1 is 1.33 bits per heavy atom. The standard InChI is InChI=1S/C15H17N3O3/c1-2-15(11-6-4-3-5-7-11)13(20)18(14(21)16-15)17-12(19)10-8-9-10/h3-7,10H,2,8-9H2,1H3,(H,16,21)(H,17,19)/t15-/m1/s1. The molecule has 1 aromatic carbocycles. The monoisotopic (exact) mass is 287 g/mol. The number of imide groups is 1. The van der Waals surface area contributed by atoms with Crippen molar-refractivity contribution in [2.24, 2.45) is 5.92 Å². The molecule has 0 unspecified atom stereocenters. The van der Waals surface area contributed by atoms with E-state index in [1.807, 2.05) is 25.1 Å². The maximum absolute atomic E-state index is 12.7. The first-order valence-electron chi connectivity index (χ1n) is 7.11. The van der Waals surface area contributed by atoms with Crippen molar-refractivity contribution in [3.05, 3.63) is 35.9 Å². The molecule has 21 heavy (non-hydrogen) atoms. The number of nitrogens with one attached hydrogen (secondary N) is 2. The van der Waals surface area contributed by atoms with Crippen LogP contribution in [0.3, 0.4) is 0 Å². The van der Waals surface area contributed by atoms with Crippen LogP contribution in [0.4, 0.5) is 4.79 Å². The van der Waals surface area contributed by atoms with E-state index in [1.165, 1.54) is 0 Å². The van der Waals surface area contributed by atoms with Gasteiger partial charge in [0.25, 0.3) is 5.91 Å². The molecule has 1 aromatic rings. The SMILES string of the molecule is CC[C@]1(c2ccccc2)NC(=O)N(NC(=O)C2CC2)C1=O. The van der Waals surface area contributed by atoms with E-state index >= 15 is 0 Å². The van der Waals surface area contributed by atoms with Crippen molar-refractivity contribution in [1.29, 1.82) is 0 Å². The smallest absolute Gasteiger partial charge is 0.318 e. The average molecular weight is 287 g/mol. The summed E-state index contributed by atoms with van der Waals surface area (Å²) in [5, 5.41) is 3.54. The largest absolute Gasteiger partial charge is 0.344 e. The number of carbonyl (C=O) groups excluding carboxylic acids is 3. The molecule has 3 rings (SSSR count). The van der Waals surface area contributed by atoms with Gasteiger partial charge in [0, 0.05) is 5.92 Å². The van der Waals surface area contributed by atoms with Crippen molar-refractivity contribution >= 4 is 17.8 Å². The predicted octanol–water partition coefficient (Wildman–Crippen LogP) is 1.28. The van der Waals surface area contributed by atoms with Crippen LogP contribution < -0.4 is 10.7 Å². The molecule has 2 aliphatic rings. The van der Waals surface area contributed by atoms with E-state index in [0.29, 0.717) is 12.0 Å². The summed E-state index contributed by atoms with van der Waals surface area (Å²) in [6.45, 7) is 1.83. The van der Waals surface area contributed by atoms with Crippen LogP contribution in [0.2, 0.25) is 0 Å². The van der Waals surface area contributed by atoms with Crippen molar-refractivity contribution < 1.29 is 14.4 Å². The summed E-state index contributed by atoms with van der Waals surface area (Å²) >= 11 is 0. The maximum Gasteiger partial charge on any atom is 0.344 e. The Hall–Kier alpha value is -2.37. The molecular formula is C15H17N3O3. The third kappa shape index (κ3) is 2.16. The fourth-order valence-corrected chi connectivity index (χ4v) is 2.59. The molecule has 6 nitrogen and oxygen atoms in total. The highest BCUT2D eigenvalue weighted by atomic mass is 16.2. The highest BCUT2D eigenvalue weighted by Gasteiger charge is 2.52. The van der Waals surface area contributed by atoms with E-state index in [4.69, 9.17) is 0 Å². The first-order chi connectivity index (χ1) is 10.1. The Morgan fingerprint density at radius 3 is 2.57 bits per heavy atom. The molecule has 6 heteroatoms. The third-order valence-electron chi connectivity index (χ3n) is 4.06. The molecule has 0 radical (unpaired) electrons. The molecule has 1 atom stereocenters. The van der Waals surface area contributed by atoms with E-state index in [2.05, 4.69) is 10.7 Å². The van der Waals surface area contributed by atoms with Gasteiger partial charge < -0.3 is 5.32 Å². The Balaban J connectivity index is 1.88. The Bertz CT molecular complexity index is 597. The Labute approximate surface area is 122 Å². The van der Waals surface area contributed by atoms with Gasteiger partial charge in [0.05, 0.1) is 0 Å². The topological polar surface area (TPSA) is 78.5 Å². The fourth-order valence-electron chi connectivity index (χ4n) is 2.59.